The van der Waals surface area contributed by atoms with Crippen molar-refractivity contribution in [3.05, 3.63) is 29.3 Å². The molecule has 1 aromatic carbocycles. The summed E-state index contributed by atoms with van der Waals surface area (Å²) in [7, 11) is 1.77. The van der Waals surface area contributed by atoms with Crippen LogP contribution >= 0.6 is 0 Å². The number of likely N-dealkylation sites (tertiary alicyclic amines) is 1. The van der Waals surface area contributed by atoms with Crippen molar-refractivity contribution in [2.45, 2.75) is 45.7 Å². The van der Waals surface area contributed by atoms with Crippen molar-refractivity contribution >= 4 is 5.96 Å². The lowest BCUT2D eigenvalue weighted by Gasteiger charge is -2.25. The molecule has 7 nitrogen and oxygen atoms in total. The topological polar surface area (TPSA) is 67.4 Å². The number of ether oxygens (including phenoxy) is 3. The Hall–Kier alpha value is -1.83. The minimum absolute atomic E-state index is 0.489. The fourth-order valence-corrected chi connectivity index (χ4v) is 4.20. The lowest BCUT2D eigenvalue weighted by Crippen LogP contribution is -2.45. The number of hydrogen-bond acceptors (Lipinski definition) is 5. The Morgan fingerprint density at radius 2 is 2.19 bits per heavy atom. The Morgan fingerprint density at radius 1 is 1.29 bits per heavy atom. The third-order valence-corrected chi connectivity index (χ3v) is 6.06. The van der Waals surface area contributed by atoms with E-state index in [1.54, 1.807) is 7.11 Å². The average Bonchev–Trinajstić information content (AvgIpc) is 3.45. The van der Waals surface area contributed by atoms with Gasteiger partial charge in [-0.3, -0.25) is 4.90 Å². The first-order chi connectivity index (χ1) is 15.2. The molecule has 2 N–H and O–H groups in total. The van der Waals surface area contributed by atoms with E-state index >= 15 is 0 Å². The molecule has 0 aromatic heterocycles. The molecule has 174 valence electrons. The van der Waals surface area contributed by atoms with Crippen LogP contribution in [0, 0.1) is 12.8 Å². The molecule has 0 amide bonds. The van der Waals surface area contributed by atoms with Gasteiger partial charge in [0.05, 0.1) is 26.4 Å². The third kappa shape index (κ3) is 7.66. The molecule has 0 bridgehead atoms. The zero-order valence-corrected chi connectivity index (χ0v) is 19.5. The van der Waals surface area contributed by atoms with Crippen molar-refractivity contribution in [2.24, 2.45) is 10.9 Å². The molecule has 1 aromatic rings. The summed E-state index contributed by atoms with van der Waals surface area (Å²) in [5.41, 5.74) is 2.32. The quantitative estimate of drug-likeness (QED) is 0.414. The molecule has 3 rings (SSSR count). The predicted molar refractivity (Wildman–Crippen MR) is 125 cm³/mol. The van der Waals surface area contributed by atoms with E-state index in [-0.39, 0.29) is 0 Å². The zero-order valence-electron chi connectivity index (χ0n) is 19.5. The minimum atomic E-state index is 0.489. The number of methoxy groups -OCH3 is 1. The van der Waals surface area contributed by atoms with E-state index in [4.69, 9.17) is 19.2 Å². The number of aryl methyl sites for hydroxylation is 1. The number of nitrogens with one attached hydrogen (secondary N) is 2. The molecular formula is C24H40N4O3. The van der Waals surface area contributed by atoms with Crippen molar-refractivity contribution in [2.75, 3.05) is 59.7 Å². The van der Waals surface area contributed by atoms with Gasteiger partial charge in [-0.15, -0.1) is 0 Å². The van der Waals surface area contributed by atoms with Crippen LogP contribution in [0.5, 0.6) is 5.75 Å². The summed E-state index contributed by atoms with van der Waals surface area (Å²) in [5, 5.41) is 6.93. The van der Waals surface area contributed by atoms with Crippen molar-refractivity contribution in [1.29, 1.82) is 0 Å². The number of nitrogens with zero attached hydrogens (tertiary/aromatic N) is 2. The third-order valence-electron chi connectivity index (χ3n) is 6.06. The molecule has 2 aliphatic heterocycles. The zero-order chi connectivity index (χ0) is 21.9. The molecule has 2 unspecified atom stereocenters. The molecule has 2 saturated heterocycles. The molecule has 0 radical (unpaired) electrons. The largest absolute Gasteiger partial charge is 0.493 e. The first-order valence-corrected chi connectivity index (χ1v) is 11.7. The molecule has 2 atom stereocenters. The fourth-order valence-electron chi connectivity index (χ4n) is 4.20. The van der Waals surface area contributed by atoms with Gasteiger partial charge < -0.3 is 24.8 Å². The molecule has 0 spiro atoms. The molecule has 2 fully saturated rings. The van der Waals surface area contributed by atoms with Crippen LogP contribution in [-0.4, -0.2) is 76.6 Å². The highest BCUT2D eigenvalue weighted by molar-refractivity contribution is 5.79. The van der Waals surface area contributed by atoms with Gasteiger partial charge in [0.25, 0.3) is 0 Å². The lowest BCUT2D eigenvalue weighted by atomic mass is 10.1. The van der Waals surface area contributed by atoms with Crippen LogP contribution in [0.4, 0.5) is 0 Å². The summed E-state index contributed by atoms with van der Waals surface area (Å²) in [6, 6.07) is 6.91. The average molecular weight is 433 g/mol. The van der Waals surface area contributed by atoms with Crippen molar-refractivity contribution < 1.29 is 14.2 Å². The van der Waals surface area contributed by atoms with Gasteiger partial charge in [0.1, 0.15) is 5.75 Å². The van der Waals surface area contributed by atoms with Gasteiger partial charge in [0, 0.05) is 50.9 Å². The van der Waals surface area contributed by atoms with Gasteiger partial charge in [0.2, 0.25) is 0 Å². The highest BCUT2D eigenvalue weighted by Crippen LogP contribution is 2.23. The maximum absolute atomic E-state index is 6.18. The summed E-state index contributed by atoms with van der Waals surface area (Å²) in [4.78, 5) is 7.36. The highest BCUT2D eigenvalue weighted by atomic mass is 16.5. The monoisotopic (exact) mass is 432 g/mol. The number of guanidine groups is 1. The predicted octanol–water partition coefficient (Wildman–Crippen LogP) is 2.58. The van der Waals surface area contributed by atoms with Crippen LogP contribution in [0.2, 0.25) is 0 Å². The van der Waals surface area contributed by atoms with Gasteiger partial charge in [0.15, 0.2) is 5.96 Å². The number of rotatable bonds is 11. The summed E-state index contributed by atoms with van der Waals surface area (Å²) in [5.74, 6) is 2.29. The first kappa shape index (κ1) is 23.8. The molecule has 7 heteroatoms. The van der Waals surface area contributed by atoms with E-state index < -0.39 is 0 Å². The van der Waals surface area contributed by atoms with E-state index in [1.807, 2.05) is 0 Å². The Balaban J connectivity index is 1.57. The van der Waals surface area contributed by atoms with Gasteiger partial charge >= 0.3 is 0 Å². The van der Waals surface area contributed by atoms with Crippen molar-refractivity contribution in [1.82, 2.24) is 15.5 Å². The van der Waals surface area contributed by atoms with Crippen molar-refractivity contribution in [3.63, 3.8) is 0 Å². The first-order valence-electron chi connectivity index (χ1n) is 11.7. The van der Waals surface area contributed by atoms with Crippen LogP contribution in [0.1, 0.15) is 37.3 Å². The van der Waals surface area contributed by atoms with Gasteiger partial charge in [-0.1, -0.05) is 12.1 Å². The van der Waals surface area contributed by atoms with E-state index in [0.717, 1.165) is 69.7 Å². The Morgan fingerprint density at radius 3 is 2.97 bits per heavy atom. The molecular weight excluding hydrogens is 392 g/mol. The maximum Gasteiger partial charge on any atom is 0.191 e. The summed E-state index contributed by atoms with van der Waals surface area (Å²) >= 11 is 0. The smallest absolute Gasteiger partial charge is 0.191 e. The van der Waals surface area contributed by atoms with Gasteiger partial charge in [-0.05, 0) is 51.3 Å². The van der Waals surface area contributed by atoms with E-state index in [9.17, 15) is 0 Å². The molecule has 0 saturated carbocycles. The SMILES string of the molecule is CCNC(=NCc1ccc(C)cc1OCC1CCOC1)NCC1CCCN1CCOC. The molecule has 0 aliphatic carbocycles. The van der Waals surface area contributed by atoms with Crippen LogP contribution in [0.3, 0.4) is 0 Å². The van der Waals surface area contributed by atoms with Gasteiger partial charge in [-0.2, -0.15) is 0 Å². The molecule has 2 aliphatic rings. The van der Waals surface area contributed by atoms with Crippen LogP contribution in [-0.2, 0) is 16.0 Å². The number of aliphatic imine (C=N–C) groups is 1. The van der Waals surface area contributed by atoms with Crippen LogP contribution in [0.15, 0.2) is 23.2 Å². The second kappa shape index (κ2) is 12.9. The second-order valence-corrected chi connectivity index (χ2v) is 8.55. The maximum atomic E-state index is 6.18. The fraction of sp³-hybridized carbons (Fsp3) is 0.708. The van der Waals surface area contributed by atoms with E-state index in [1.165, 1.54) is 18.4 Å². The summed E-state index contributed by atoms with van der Waals surface area (Å²) < 4.78 is 16.9. The Bertz CT molecular complexity index is 691. The summed E-state index contributed by atoms with van der Waals surface area (Å²) in [6.45, 7) is 11.8. The van der Waals surface area contributed by atoms with E-state index in [2.05, 4.69) is 47.6 Å². The minimum Gasteiger partial charge on any atom is -0.493 e. The Labute approximate surface area is 187 Å². The molecule has 2 heterocycles. The van der Waals surface area contributed by atoms with Crippen LogP contribution < -0.4 is 15.4 Å². The van der Waals surface area contributed by atoms with E-state index in [0.29, 0.717) is 25.1 Å². The number of benzene rings is 1. The second-order valence-electron chi connectivity index (χ2n) is 8.55. The molecule has 31 heavy (non-hydrogen) atoms. The lowest BCUT2D eigenvalue weighted by molar-refractivity contribution is 0.141. The summed E-state index contributed by atoms with van der Waals surface area (Å²) in [6.07, 6.45) is 3.55. The number of hydrogen-bond donors (Lipinski definition) is 2. The van der Waals surface area contributed by atoms with Crippen molar-refractivity contribution in [3.8, 4) is 5.75 Å². The normalized spacial score (nSPS) is 22.1. The standard InChI is InChI=1S/C24H40N4O3/c1-4-25-24(27-16-22-6-5-10-28(22)11-13-29-3)26-15-21-8-7-19(2)14-23(21)31-18-20-9-12-30-17-20/h7-8,14,20,22H,4-6,9-13,15-18H2,1-3H3,(H2,25,26,27). The Kier molecular flexibility index (Phi) is 9.90. The van der Waals surface area contributed by atoms with Gasteiger partial charge in [-0.25, -0.2) is 4.99 Å². The highest BCUT2D eigenvalue weighted by Gasteiger charge is 2.24. The van der Waals surface area contributed by atoms with Crippen LogP contribution in [0.25, 0.3) is 0 Å².